The lowest BCUT2D eigenvalue weighted by Crippen LogP contribution is -2.34. The Morgan fingerprint density at radius 2 is 1.59 bits per heavy atom. The summed E-state index contributed by atoms with van der Waals surface area (Å²) >= 11 is 1.91. The summed E-state index contributed by atoms with van der Waals surface area (Å²) in [5.41, 5.74) is -0.646. The number of halogens is 2. The smallest absolute Gasteiger partial charge is 0.126 e. The van der Waals surface area contributed by atoms with Crippen molar-refractivity contribution in [3.8, 4) is 0 Å². The maximum Gasteiger partial charge on any atom is 0.126 e. The van der Waals surface area contributed by atoms with Crippen LogP contribution in [-0.2, 0) is 5.60 Å². The van der Waals surface area contributed by atoms with E-state index in [-0.39, 0.29) is 0 Å². The Morgan fingerprint density at radius 3 is 2.12 bits per heavy atom. The van der Waals surface area contributed by atoms with Gasteiger partial charge in [-0.2, -0.15) is 11.8 Å². The lowest BCUT2D eigenvalue weighted by molar-refractivity contribution is 0.0190. The lowest BCUT2D eigenvalue weighted by Gasteiger charge is -2.36. The van der Waals surface area contributed by atoms with Crippen LogP contribution in [0.4, 0.5) is 8.78 Å². The Hall–Kier alpha value is -0.610. The molecule has 2 bridgehead atoms. The summed E-state index contributed by atoms with van der Waals surface area (Å²) in [6.45, 7) is 0. The zero-order chi connectivity index (χ0) is 12.0. The molecule has 0 spiro atoms. The van der Waals surface area contributed by atoms with Crippen molar-refractivity contribution in [1.29, 1.82) is 0 Å². The van der Waals surface area contributed by atoms with Crippen LogP contribution in [0.3, 0.4) is 0 Å². The zero-order valence-corrected chi connectivity index (χ0v) is 10.1. The minimum absolute atomic E-state index is 0.396. The topological polar surface area (TPSA) is 20.2 Å². The monoisotopic (exact) mass is 256 g/mol. The summed E-state index contributed by atoms with van der Waals surface area (Å²) in [6, 6.07) is 3.37. The van der Waals surface area contributed by atoms with Crippen molar-refractivity contribution in [1.82, 2.24) is 0 Å². The van der Waals surface area contributed by atoms with Gasteiger partial charge in [0, 0.05) is 16.6 Å². The first kappa shape index (κ1) is 11.5. The molecule has 17 heavy (non-hydrogen) atoms. The number of hydrogen-bond donors (Lipinski definition) is 1. The second-order valence-electron chi connectivity index (χ2n) is 5.06. The zero-order valence-electron chi connectivity index (χ0n) is 9.33. The molecule has 4 heteroatoms. The largest absolute Gasteiger partial charge is 0.385 e. The van der Waals surface area contributed by atoms with Gasteiger partial charge in [0.15, 0.2) is 0 Å². The highest BCUT2D eigenvalue weighted by Crippen LogP contribution is 2.51. The fourth-order valence-electron chi connectivity index (χ4n) is 2.98. The summed E-state index contributed by atoms with van der Waals surface area (Å²) in [4.78, 5) is 0. The van der Waals surface area contributed by atoms with Gasteiger partial charge in [-0.3, -0.25) is 0 Å². The molecule has 0 radical (unpaired) electrons. The van der Waals surface area contributed by atoms with E-state index in [4.69, 9.17) is 0 Å². The van der Waals surface area contributed by atoms with E-state index in [1.165, 1.54) is 12.1 Å². The number of rotatable bonds is 1. The van der Waals surface area contributed by atoms with Crippen LogP contribution in [0.2, 0.25) is 0 Å². The molecule has 0 aromatic heterocycles. The Bertz CT molecular complexity index is 417. The van der Waals surface area contributed by atoms with Gasteiger partial charge in [0.2, 0.25) is 0 Å². The molecule has 2 heterocycles. The summed E-state index contributed by atoms with van der Waals surface area (Å²) in [5, 5.41) is 11.5. The molecule has 2 unspecified atom stereocenters. The predicted molar refractivity (Wildman–Crippen MR) is 63.9 cm³/mol. The molecule has 1 aromatic carbocycles. The van der Waals surface area contributed by atoms with E-state index >= 15 is 0 Å². The molecule has 2 atom stereocenters. The van der Waals surface area contributed by atoms with Crippen molar-refractivity contribution in [3.05, 3.63) is 35.4 Å². The Kier molecular flexibility index (Phi) is 2.67. The maximum atomic E-state index is 13.2. The minimum atomic E-state index is -1.04. The Morgan fingerprint density at radius 1 is 1.06 bits per heavy atom. The van der Waals surface area contributed by atoms with Gasteiger partial charge in [0.05, 0.1) is 5.60 Å². The number of benzene rings is 1. The van der Waals surface area contributed by atoms with Crippen LogP contribution in [0.5, 0.6) is 0 Å². The van der Waals surface area contributed by atoms with Crippen molar-refractivity contribution >= 4 is 11.8 Å². The average molecular weight is 256 g/mol. The first-order valence-electron chi connectivity index (χ1n) is 5.90. The van der Waals surface area contributed by atoms with Crippen LogP contribution in [0.25, 0.3) is 0 Å². The van der Waals surface area contributed by atoms with Gasteiger partial charge < -0.3 is 5.11 Å². The lowest BCUT2D eigenvalue weighted by atomic mass is 9.86. The van der Waals surface area contributed by atoms with Gasteiger partial charge in [0.25, 0.3) is 0 Å². The molecule has 2 saturated heterocycles. The van der Waals surface area contributed by atoms with Crippen LogP contribution in [-0.4, -0.2) is 15.6 Å². The summed E-state index contributed by atoms with van der Waals surface area (Å²) < 4.78 is 26.4. The van der Waals surface area contributed by atoms with Crippen LogP contribution >= 0.6 is 11.8 Å². The van der Waals surface area contributed by atoms with Crippen molar-refractivity contribution in [2.45, 2.75) is 41.8 Å². The van der Waals surface area contributed by atoms with Crippen molar-refractivity contribution in [3.63, 3.8) is 0 Å². The van der Waals surface area contributed by atoms with E-state index in [9.17, 15) is 13.9 Å². The third-order valence-corrected chi connectivity index (χ3v) is 5.30. The summed E-state index contributed by atoms with van der Waals surface area (Å²) in [7, 11) is 0. The van der Waals surface area contributed by atoms with Crippen molar-refractivity contribution in [2.75, 3.05) is 0 Å². The van der Waals surface area contributed by atoms with Crippen LogP contribution in [0.1, 0.15) is 31.2 Å². The molecule has 1 N–H and O–H groups in total. The molecule has 1 aromatic rings. The number of thioether (sulfide) groups is 1. The highest BCUT2D eigenvalue weighted by Gasteiger charge is 2.44. The molecular weight excluding hydrogens is 242 g/mol. The fraction of sp³-hybridized carbons (Fsp3) is 0.538. The molecule has 3 rings (SSSR count). The summed E-state index contributed by atoms with van der Waals surface area (Å²) in [5.74, 6) is -1.22. The molecule has 0 amide bonds. The second kappa shape index (κ2) is 3.95. The Balaban J connectivity index is 1.96. The Labute approximate surface area is 103 Å². The van der Waals surface area contributed by atoms with Gasteiger partial charge in [0.1, 0.15) is 11.6 Å². The van der Waals surface area contributed by atoms with Gasteiger partial charge >= 0.3 is 0 Å². The molecule has 2 aliphatic rings. The molecular formula is C13H14F2OS. The quantitative estimate of drug-likeness (QED) is 0.832. The van der Waals surface area contributed by atoms with Gasteiger partial charge in [-0.25, -0.2) is 8.78 Å². The van der Waals surface area contributed by atoms with Gasteiger partial charge in [-0.05, 0) is 43.4 Å². The number of hydrogen-bond acceptors (Lipinski definition) is 2. The van der Waals surface area contributed by atoms with Crippen molar-refractivity contribution in [2.24, 2.45) is 0 Å². The average Bonchev–Trinajstić information content (AvgIpc) is 2.57. The van der Waals surface area contributed by atoms with Crippen LogP contribution in [0, 0.1) is 11.6 Å². The van der Waals surface area contributed by atoms with E-state index in [1.54, 1.807) is 0 Å². The molecule has 2 fully saturated rings. The van der Waals surface area contributed by atoms with Crippen molar-refractivity contribution < 1.29 is 13.9 Å². The van der Waals surface area contributed by atoms with Gasteiger partial charge in [-0.15, -0.1) is 0 Å². The van der Waals surface area contributed by atoms with E-state index in [0.29, 0.717) is 28.9 Å². The first-order valence-corrected chi connectivity index (χ1v) is 6.84. The third-order valence-electron chi connectivity index (χ3n) is 3.73. The second-order valence-corrected chi connectivity index (χ2v) is 6.66. The molecule has 0 saturated carbocycles. The van der Waals surface area contributed by atoms with E-state index in [1.807, 2.05) is 11.8 Å². The van der Waals surface area contributed by atoms with Crippen LogP contribution in [0.15, 0.2) is 18.2 Å². The highest BCUT2D eigenvalue weighted by atomic mass is 32.2. The maximum absolute atomic E-state index is 13.2. The molecule has 0 aliphatic carbocycles. The SMILES string of the molecule is OC1(c2cc(F)cc(F)c2)CC2CCC(C1)S2. The molecule has 2 aliphatic heterocycles. The number of aliphatic hydroxyl groups is 1. The van der Waals surface area contributed by atoms with E-state index < -0.39 is 17.2 Å². The fourth-order valence-corrected chi connectivity index (χ4v) is 4.81. The first-order chi connectivity index (χ1) is 8.05. The normalized spacial score (nSPS) is 36.2. The standard InChI is InChI=1S/C13H14F2OS/c14-9-3-8(4-10(15)5-9)13(16)6-11-1-2-12(7-13)17-11/h3-5,11-12,16H,1-2,6-7H2. The third kappa shape index (κ3) is 2.08. The van der Waals surface area contributed by atoms with E-state index in [2.05, 4.69) is 0 Å². The summed E-state index contributed by atoms with van der Waals surface area (Å²) in [6.07, 6.45) is 3.43. The number of fused-ring (bicyclic) bond motifs is 2. The minimum Gasteiger partial charge on any atom is -0.385 e. The van der Waals surface area contributed by atoms with Crippen LogP contribution < -0.4 is 0 Å². The highest BCUT2D eigenvalue weighted by molar-refractivity contribution is 8.00. The predicted octanol–water partition coefficient (Wildman–Crippen LogP) is 3.21. The van der Waals surface area contributed by atoms with Gasteiger partial charge in [-0.1, -0.05) is 0 Å². The molecule has 92 valence electrons. The van der Waals surface area contributed by atoms with E-state index in [0.717, 1.165) is 18.9 Å². The molecule has 1 nitrogen and oxygen atoms in total.